The van der Waals surface area contributed by atoms with E-state index in [4.69, 9.17) is 16.9 Å². The summed E-state index contributed by atoms with van der Waals surface area (Å²) in [4.78, 5) is 24.3. The van der Waals surface area contributed by atoms with E-state index in [0.29, 0.717) is 23.0 Å². The highest BCUT2D eigenvalue weighted by atomic mass is 35.5. The number of Topliss-reactive ketones (excluding diaryl/α,β-unsaturated/α-hetero) is 1. The summed E-state index contributed by atoms with van der Waals surface area (Å²) in [5.74, 6) is -1.61. The molecule has 1 aliphatic carbocycles. The molecule has 1 aromatic rings. The van der Waals surface area contributed by atoms with Gasteiger partial charge in [0, 0.05) is 6.42 Å². The van der Waals surface area contributed by atoms with E-state index in [-0.39, 0.29) is 5.78 Å². The maximum absolute atomic E-state index is 12.1. The smallest absolute Gasteiger partial charge is 0.249 e. The number of nitrogens with one attached hydrogen (secondary N) is 1. The van der Waals surface area contributed by atoms with E-state index in [1.165, 1.54) is 12.8 Å². The number of rotatable bonds is 6. The van der Waals surface area contributed by atoms with Crippen LogP contribution in [0.1, 0.15) is 38.5 Å². The molecule has 0 bridgehead atoms. The van der Waals surface area contributed by atoms with E-state index in [2.05, 4.69) is 5.32 Å². The number of para-hydroxylation sites is 1. The highest BCUT2D eigenvalue weighted by Crippen LogP contribution is 2.29. The summed E-state index contributed by atoms with van der Waals surface area (Å²) in [5, 5.41) is 12.1. The van der Waals surface area contributed by atoms with E-state index < -0.39 is 11.8 Å². The van der Waals surface area contributed by atoms with Gasteiger partial charge < -0.3 is 5.32 Å². The van der Waals surface area contributed by atoms with Crippen LogP contribution in [0.4, 0.5) is 5.69 Å². The maximum Gasteiger partial charge on any atom is 0.249 e. The molecule has 116 valence electrons. The molecule has 22 heavy (non-hydrogen) atoms. The number of hydrogen-bond donors (Lipinski definition) is 1. The Labute approximate surface area is 135 Å². The Balaban J connectivity index is 1.92. The third-order valence-corrected chi connectivity index (χ3v) is 4.45. The van der Waals surface area contributed by atoms with Gasteiger partial charge in [-0.25, -0.2) is 0 Å². The first kappa shape index (κ1) is 16.5. The van der Waals surface area contributed by atoms with E-state index in [0.717, 1.165) is 19.3 Å². The van der Waals surface area contributed by atoms with Crippen LogP contribution in [0.15, 0.2) is 24.3 Å². The minimum atomic E-state index is -1.27. The molecule has 0 saturated heterocycles. The summed E-state index contributed by atoms with van der Waals surface area (Å²) < 4.78 is 0. The van der Waals surface area contributed by atoms with Crippen molar-refractivity contribution in [1.82, 2.24) is 0 Å². The zero-order valence-corrected chi connectivity index (χ0v) is 13.1. The van der Waals surface area contributed by atoms with Gasteiger partial charge in [0.1, 0.15) is 0 Å². The van der Waals surface area contributed by atoms with Gasteiger partial charge in [-0.2, -0.15) is 5.26 Å². The van der Waals surface area contributed by atoms with Gasteiger partial charge in [-0.05, 0) is 24.5 Å². The first-order valence-corrected chi connectivity index (χ1v) is 7.97. The number of hydrogen-bond acceptors (Lipinski definition) is 3. The molecule has 5 heteroatoms. The van der Waals surface area contributed by atoms with E-state index in [1.54, 1.807) is 24.3 Å². The van der Waals surface area contributed by atoms with Crippen molar-refractivity contribution in [1.29, 1.82) is 5.26 Å². The molecule has 0 radical (unpaired) electrons. The fourth-order valence-corrected chi connectivity index (χ4v) is 3.02. The van der Waals surface area contributed by atoms with Gasteiger partial charge in [0.2, 0.25) is 5.91 Å². The van der Waals surface area contributed by atoms with Gasteiger partial charge in [0.15, 0.2) is 11.7 Å². The lowest BCUT2D eigenvalue weighted by molar-refractivity contribution is -0.129. The summed E-state index contributed by atoms with van der Waals surface area (Å²) in [7, 11) is 0. The monoisotopic (exact) mass is 318 g/mol. The fraction of sp³-hybridized carbons (Fsp3) is 0.471. The Hall–Kier alpha value is -1.86. The summed E-state index contributed by atoms with van der Waals surface area (Å²) in [6.07, 6.45) is 5.79. The molecule has 1 amide bonds. The van der Waals surface area contributed by atoms with Crippen LogP contribution in [0, 0.1) is 23.2 Å². The van der Waals surface area contributed by atoms with Crippen LogP contribution >= 0.6 is 11.6 Å². The predicted octanol–water partition coefficient (Wildman–Crippen LogP) is 3.96. The van der Waals surface area contributed by atoms with E-state index >= 15 is 0 Å². The molecule has 1 aliphatic rings. The first-order valence-electron chi connectivity index (χ1n) is 7.59. The Morgan fingerprint density at radius 1 is 1.32 bits per heavy atom. The second-order valence-electron chi connectivity index (χ2n) is 5.69. The van der Waals surface area contributed by atoms with Crippen LogP contribution in [-0.4, -0.2) is 11.7 Å². The summed E-state index contributed by atoms with van der Waals surface area (Å²) in [5.41, 5.74) is 0.415. The summed E-state index contributed by atoms with van der Waals surface area (Å²) >= 11 is 5.96. The van der Waals surface area contributed by atoms with Gasteiger partial charge in [0.25, 0.3) is 0 Å². The molecule has 0 aromatic heterocycles. The zero-order valence-electron chi connectivity index (χ0n) is 12.3. The number of nitriles is 1. The number of anilines is 1. The molecule has 1 aromatic carbocycles. The summed E-state index contributed by atoms with van der Waals surface area (Å²) in [6.45, 7) is 0. The Kier molecular flexibility index (Phi) is 5.97. The van der Waals surface area contributed by atoms with Crippen LogP contribution in [0.5, 0.6) is 0 Å². The second-order valence-corrected chi connectivity index (χ2v) is 6.09. The molecule has 1 atom stereocenters. The van der Waals surface area contributed by atoms with E-state index in [1.807, 2.05) is 6.07 Å². The number of nitrogens with zero attached hydrogens (tertiary/aromatic N) is 1. The molecular formula is C17H19ClN2O2. The molecular weight excluding hydrogens is 300 g/mol. The predicted molar refractivity (Wildman–Crippen MR) is 85.4 cm³/mol. The quantitative estimate of drug-likeness (QED) is 0.807. The standard InChI is InChI=1S/C17H19ClN2O2/c18-14-7-3-4-8-15(14)20-17(22)13(11-19)16(21)10-9-12-5-1-2-6-12/h3-4,7-8,12-13H,1-2,5-6,9-10H2,(H,20,22)/t13-/m0/s1. The second kappa shape index (κ2) is 7.95. The number of ketones is 1. The molecule has 1 N–H and O–H groups in total. The van der Waals surface area contributed by atoms with Crippen molar-refractivity contribution >= 4 is 29.0 Å². The van der Waals surface area contributed by atoms with Crippen molar-refractivity contribution in [3.63, 3.8) is 0 Å². The van der Waals surface area contributed by atoms with Gasteiger partial charge in [-0.3, -0.25) is 9.59 Å². The van der Waals surface area contributed by atoms with Crippen molar-refractivity contribution in [2.75, 3.05) is 5.32 Å². The third kappa shape index (κ3) is 4.32. The highest BCUT2D eigenvalue weighted by molar-refractivity contribution is 6.33. The van der Waals surface area contributed by atoms with Crippen molar-refractivity contribution < 1.29 is 9.59 Å². The van der Waals surface area contributed by atoms with Crippen LogP contribution < -0.4 is 5.32 Å². The molecule has 4 nitrogen and oxygen atoms in total. The molecule has 1 saturated carbocycles. The molecule has 1 fully saturated rings. The lowest BCUT2D eigenvalue weighted by Gasteiger charge is -2.12. The average molecular weight is 319 g/mol. The van der Waals surface area contributed by atoms with Crippen LogP contribution in [0.2, 0.25) is 5.02 Å². The maximum atomic E-state index is 12.1. The lowest BCUT2D eigenvalue weighted by Crippen LogP contribution is -2.28. The zero-order chi connectivity index (χ0) is 15.9. The van der Waals surface area contributed by atoms with Crippen LogP contribution in [0.3, 0.4) is 0 Å². The summed E-state index contributed by atoms with van der Waals surface area (Å²) in [6, 6.07) is 8.56. The highest BCUT2D eigenvalue weighted by Gasteiger charge is 2.27. The number of carbonyl (C=O) groups excluding carboxylic acids is 2. The minimum absolute atomic E-state index is 0.291. The minimum Gasteiger partial charge on any atom is -0.323 e. The van der Waals surface area contributed by atoms with Crippen LogP contribution in [0.25, 0.3) is 0 Å². The number of carbonyl (C=O) groups is 2. The van der Waals surface area contributed by atoms with Crippen molar-refractivity contribution in [3.8, 4) is 6.07 Å². The Bertz CT molecular complexity index is 589. The molecule has 0 aliphatic heterocycles. The van der Waals surface area contributed by atoms with Crippen LogP contribution in [-0.2, 0) is 9.59 Å². The fourth-order valence-electron chi connectivity index (χ4n) is 2.83. The normalized spacial score (nSPS) is 16.0. The Morgan fingerprint density at radius 3 is 2.64 bits per heavy atom. The largest absolute Gasteiger partial charge is 0.323 e. The number of halogens is 1. The topological polar surface area (TPSA) is 70.0 Å². The van der Waals surface area contributed by atoms with Gasteiger partial charge in [-0.15, -0.1) is 0 Å². The molecule has 0 heterocycles. The van der Waals surface area contributed by atoms with E-state index in [9.17, 15) is 9.59 Å². The number of benzene rings is 1. The van der Waals surface area contributed by atoms with Crippen molar-refractivity contribution in [2.24, 2.45) is 11.8 Å². The molecule has 0 unspecified atom stereocenters. The first-order chi connectivity index (χ1) is 10.6. The Morgan fingerprint density at radius 2 is 2.00 bits per heavy atom. The molecule has 0 spiro atoms. The van der Waals surface area contributed by atoms with Gasteiger partial charge in [-0.1, -0.05) is 49.4 Å². The third-order valence-electron chi connectivity index (χ3n) is 4.12. The SMILES string of the molecule is N#C[C@@H](C(=O)CCC1CCCC1)C(=O)Nc1ccccc1Cl. The number of amides is 1. The average Bonchev–Trinajstić information content (AvgIpc) is 3.01. The van der Waals surface area contributed by atoms with Gasteiger partial charge >= 0.3 is 0 Å². The molecule has 2 rings (SSSR count). The lowest BCUT2D eigenvalue weighted by atomic mass is 9.94. The van der Waals surface area contributed by atoms with Gasteiger partial charge in [0.05, 0.1) is 16.8 Å². The van der Waals surface area contributed by atoms with Crippen molar-refractivity contribution in [3.05, 3.63) is 29.3 Å². The van der Waals surface area contributed by atoms with Crippen molar-refractivity contribution in [2.45, 2.75) is 38.5 Å².